The third-order valence-corrected chi connectivity index (χ3v) is 1.21. The summed E-state index contributed by atoms with van der Waals surface area (Å²) >= 11 is 0. The van der Waals surface area contributed by atoms with Crippen LogP contribution >= 0.6 is 0 Å². The summed E-state index contributed by atoms with van der Waals surface area (Å²) in [6, 6.07) is 1.78. The minimum Gasteiger partial charge on any atom is -0.303 e. The Morgan fingerprint density at radius 3 is 1.82 bits per heavy atom. The molecule has 60 valence electrons. The number of hydrogen-bond acceptors (Lipinski definition) is 4. The lowest BCUT2D eigenvalue weighted by Crippen LogP contribution is -2.11. The van der Waals surface area contributed by atoms with Gasteiger partial charge in [0.05, 0.1) is 0 Å². The second-order valence-electron chi connectivity index (χ2n) is 2.08. The Morgan fingerprint density at radius 1 is 1.00 bits per heavy atom. The van der Waals surface area contributed by atoms with Crippen LogP contribution in [0, 0.1) is 0 Å². The van der Waals surface area contributed by atoms with Crippen LogP contribution in [-0.4, -0.2) is 29.7 Å². The third-order valence-electron chi connectivity index (χ3n) is 1.21. The van der Waals surface area contributed by atoms with Crippen LogP contribution in [0.1, 0.15) is 0 Å². The lowest BCUT2D eigenvalue weighted by atomic mass is 10.7. The highest BCUT2D eigenvalue weighted by Crippen LogP contribution is 1.66. The second-order valence-corrected chi connectivity index (χ2v) is 2.08. The van der Waals surface area contributed by atoms with Gasteiger partial charge in [-0.05, 0) is 6.07 Å². The SMILES string of the molecule is C1CNCN1.c1cncnc1. The predicted molar refractivity (Wildman–Crippen MR) is 42.9 cm³/mol. The Kier molecular flexibility index (Phi) is 4.24. The molecule has 1 fully saturated rings. The van der Waals surface area contributed by atoms with Crippen LogP contribution in [0.15, 0.2) is 24.8 Å². The average Bonchev–Trinajstić information content (AvgIpc) is 2.64. The standard InChI is InChI=1S/C4H4N2.C3H8N2/c1-2-5-4-6-3-1;1-2-5-3-4-1/h1-4H;4-5H,1-3H2. The minimum atomic E-state index is 1.00. The summed E-state index contributed by atoms with van der Waals surface area (Å²) in [4.78, 5) is 7.35. The van der Waals surface area contributed by atoms with E-state index in [4.69, 9.17) is 0 Å². The van der Waals surface area contributed by atoms with Crippen molar-refractivity contribution in [2.24, 2.45) is 0 Å². The molecule has 0 aromatic carbocycles. The molecule has 1 saturated heterocycles. The fraction of sp³-hybridized carbons (Fsp3) is 0.429. The van der Waals surface area contributed by atoms with E-state index in [1.165, 1.54) is 6.33 Å². The van der Waals surface area contributed by atoms with Crippen LogP contribution in [-0.2, 0) is 0 Å². The molecular weight excluding hydrogens is 140 g/mol. The van der Waals surface area contributed by atoms with Gasteiger partial charge in [-0.25, -0.2) is 9.97 Å². The molecule has 1 aromatic heterocycles. The maximum absolute atomic E-state index is 3.67. The van der Waals surface area contributed by atoms with E-state index in [1.54, 1.807) is 18.5 Å². The smallest absolute Gasteiger partial charge is 0.115 e. The van der Waals surface area contributed by atoms with Gasteiger partial charge in [0.25, 0.3) is 0 Å². The monoisotopic (exact) mass is 152 g/mol. The van der Waals surface area contributed by atoms with Gasteiger partial charge in [0, 0.05) is 32.2 Å². The summed E-state index contributed by atoms with van der Waals surface area (Å²) in [5, 5.41) is 6.22. The zero-order valence-corrected chi connectivity index (χ0v) is 6.33. The number of aromatic nitrogens is 2. The van der Waals surface area contributed by atoms with Gasteiger partial charge < -0.3 is 10.6 Å². The molecule has 1 aromatic rings. The Hall–Kier alpha value is -1.00. The van der Waals surface area contributed by atoms with E-state index in [2.05, 4.69) is 20.6 Å². The van der Waals surface area contributed by atoms with Crippen LogP contribution in [0.3, 0.4) is 0 Å². The molecule has 4 nitrogen and oxygen atoms in total. The maximum Gasteiger partial charge on any atom is 0.115 e. The summed E-state index contributed by atoms with van der Waals surface area (Å²) in [5.74, 6) is 0. The number of hydrogen-bond donors (Lipinski definition) is 2. The molecule has 1 aliphatic heterocycles. The maximum atomic E-state index is 3.67. The summed E-state index contributed by atoms with van der Waals surface area (Å²) < 4.78 is 0. The predicted octanol–water partition coefficient (Wildman–Crippen LogP) is -0.387. The zero-order valence-electron chi connectivity index (χ0n) is 6.33. The Balaban J connectivity index is 0.000000112. The van der Waals surface area contributed by atoms with Crippen molar-refractivity contribution in [2.75, 3.05) is 19.8 Å². The number of nitrogens with one attached hydrogen (secondary N) is 2. The van der Waals surface area contributed by atoms with Crippen LogP contribution in [0.5, 0.6) is 0 Å². The summed E-state index contributed by atoms with van der Waals surface area (Å²) in [5.41, 5.74) is 0. The Bertz CT molecular complexity index is 127. The van der Waals surface area contributed by atoms with Gasteiger partial charge in [0.1, 0.15) is 6.33 Å². The van der Waals surface area contributed by atoms with Crippen molar-refractivity contribution in [1.82, 2.24) is 20.6 Å². The molecule has 1 aliphatic rings. The van der Waals surface area contributed by atoms with E-state index in [1.807, 2.05) is 0 Å². The molecule has 4 heteroatoms. The molecule has 0 radical (unpaired) electrons. The first-order valence-electron chi connectivity index (χ1n) is 3.61. The van der Waals surface area contributed by atoms with E-state index in [0.29, 0.717) is 0 Å². The van der Waals surface area contributed by atoms with Crippen molar-refractivity contribution in [3.8, 4) is 0 Å². The fourth-order valence-electron chi connectivity index (χ4n) is 0.695. The fourth-order valence-corrected chi connectivity index (χ4v) is 0.695. The van der Waals surface area contributed by atoms with Gasteiger partial charge in [-0.2, -0.15) is 0 Å². The van der Waals surface area contributed by atoms with Crippen LogP contribution < -0.4 is 10.6 Å². The van der Waals surface area contributed by atoms with Crippen molar-refractivity contribution in [1.29, 1.82) is 0 Å². The normalized spacial score (nSPS) is 15.3. The van der Waals surface area contributed by atoms with Crippen molar-refractivity contribution in [3.63, 3.8) is 0 Å². The van der Waals surface area contributed by atoms with Crippen LogP contribution in [0.4, 0.5) is 0 Å². The van der Waals surface area contributed by atoms with Gasteiger partial charge in [-0.15, -0.1) is 0 Å². The molecule has 11 heavy (non-hydrogen) atoms. The van der Waals surface area contributed by atoms with Gasteiger partial charge in [-0.1, -0.05) is 0 Å². The average molecular weight is 152 g/mol. The van der Waals surface area contributed by atoms with E-state index in [9.17, 15) is 0 Å². The molecule has 2 N–H and O–H groups in total. The van der Waals surface area contributed by atoms with Gasteiger partial charge >= 0.3 is 0 Å². The highest BCUT2D eigenvalue weighted by atomic mass is 15.1. The van der Waals surface area contributed by atoms with E-state index in [0.717, 1.165) is 19.8 Å². The third kappa shape index (κ3) is 4.41. The van der Waals surface area contributed by atoms with E-state index in [-0.39, 0.29) is 0 Å². The van der Waals surface area contributed by atoms with Crippen molar-refractivity contribution >= 4 is 0 Å². The number of rotatable bonds is 0. The first-order chi connectivity index (χ1) is 5.50. The van der Waals surface area contributed by atoms with Crippen molar-refractivity contribution < 1.29 is 0 Å². The summed E-state index contributed by atoms with van der Waals surface area (Å²) in [6.07, 6.45) is 4.88. The molecule has 0 bridgehead atoms. The molecule has 0 unspecified atom stereocenters. The molecule has 0 spiro atoms. The summed E-state index contributed by atoms with van der Waals surface area (Å²) in [6.45, 7) is 3.28. The number of nitrogens with zero attached hydrogens (tertiary/aromatic N) is 2. The zero-order chi connectivity index (χ0) is 7.78. The molecule has 2 heterocycles. The molecule has 2 rings (SSSR count). The quantitative estimate of drug-likeness (QED) is 0.531. The Labute approximate surface area is 66.1 Å². The molecule has 0 atom stereocenters. The first kappa shape index (κ1) is 8.10. The minimum absolute atomic E-state index is 1.00. The molecular formula is C7H12N4. The lowest BCUT2D eigenvalue weighted by molar-refractivity contribution is 0.807. The summed E-state index contributed by atoms with van der Waals surface area (Å²) in [7, 11) is 0. The molecule has 0 saturated carbocycles. The largest absolute Gasteiger partial charge is 0.303 e. The van der Waals surface area contributed by atoms with E-state index >= 15 is 0 Å². The van der Waals surface area contributed by atoms with Crippen molar-refractivity contribution in [2.45, 2.75) is 0 Å². The highest BCUT2D eigenvalue weighted by Gasteiger charge is 1.90. The topological polar surface area (TPSA) is 49.8 Å². The highest BCUT2D eigenvalue weighted by molar-refractivity contribution is 4.74. The first-order valence-corrected chi connectivity index (χ1v) is 3.61. The van der Waals surface area contributed by atoms with Crippen LogP contribution in [0.25, 0.3) is 0 Å². The van der Waals surface area contributed by atoms with Gasteiger partial charge in [-0.3, -0.25) is 0 Å². The van der Waals surface area contributed by atoms with Crippen LogP contribution in [0.2, 0.25) is 0 Å². The van der Waals surface area contributed by atoms with E-state index < -0.39 is 0 Å². The lowest BCUT2D eigenvalue weighted by Gasteiger charge is -1.77. The second kappa shape index (κ2) is 5.76. The van der Waals surface area contributed by atoms with Gasteiger partial charge in [0.15, 0.2) is 0 Å². The molecule has 0 aliphatic carbocycles. The molecule has 0 amide bonds. The van der Waals surface area contributed by atoms with Gasteiger partial charge in [0.2, 0.25) is 0 Å². The Morgan fingerprint density at radius 2 is 1.64 bits per heavy atom. The van der Waals surface area contributed by atoms with Crippen molar-refractivity contribution in [3.05, 3.63) is 24.8 Å².